The van der Waals surface area contributed by atoms with Gasteiger partial charge in [0.15, 0.2) is 0 Å². The molecule has 18 heavy (non-hydrogen) atoms. The van der Waals surface area contributed by atoms with Crippen LogP contribution in [0.4, 0.5) is 0 Å². The van der Waals surface area contributed by atoms with E-state index in [1.165, 1.54) is 36.9 Å². The average molecular weight is 263 g/mol. The minimum absolute atomic E-state index is 0.618. The number of hydrogen-bond acceptors (Lipinski definition) is 2. The van der Waals surface area contributed by atoms with Crippen LogP contribution in [0.3, 0.4) is 0 Å². The summed E-state index contributed by atoms with van der Waals surface area (Å²) in [7, 11) is 0. The first-order chi connectivity index (χ1) is 8.74. The molecule has 2 aliphatic rings. The summed E-state index contributed by atoms with van der Waals surface area (Å²) in [5, 5.41) is 4.11. The molecule has 0 unspecified atom stereocenters. The maximum Gasteiger partial charge on any atom is 0.131 e. The summed E-state index contributed by atoms with van der Waals surface area (Å²) in [6.45, 7) is 4.34. The van der Waals surface area contributed by atoms with Crippen molar-refractivity contribution in [3.05, 3.63) is 34.6 Å². The fourth-order valence-corrected chi connectivity index (χ4v) is 3.25. The lowest BCUT2D eigenvalue weighted by Gasteiger charge is -2.34. The van der Waals surface area contributed by atoms with Crippen LogP contribution in [0, 0.1) is 18.8 Å². The molecule has 1 aromatic heterocycles. The number of rotatable bonds is 1. The Bertz CT molecular complexity index is 481. The molecular weight excluding hydrogens is 244 g/mol. The molecule has 0 radical (unpaired) electrons. The van der Waals surface area contributed by atoms with Crippen LogP contribution >= 0.6 is 11.6 Å². The summed E-state index contributed by atoms with van der Waals surface area (Å²) >= 11 is 5.99. The topological polar surface area (TPSA) is 24.9 Å². The molecule has 3 heteroatoms. The number of aryl methyl sites for hydroxylation is 1. The third-order valence-corrected chi connectivity index (χ3v) is 4.66. The predicted octanol–water partition coefficient (Wildman–Crippen LogP) is 3.45. The van der Waals surface area contributed by atoms with Crippen molar-refractivity contribution in [1.29, 1.82) is 0 Å². The van der Waals surface area contributed by atoms with Crippen molar-refractivity contribution < 1.29 is 0 Å². The summed E-state index contributed by atoms with van der Waals surface area (Å²) in [5.41, 5.74) is 3.77. The first-order valence-electron chi connectivity index (χ1n) is 6.78. The largest absolute Gasteiger partial charge is 0.316 e. The molecule has 2 heterocycles. The summed E-state index contributed by atoms with van der Waals surface area (Å²) in [6, 6.07) is 2.16. The Kier molecular flexibility index (Phi) is 3.40. The number of piperidine rings is 1. The van der Waals surface area contributed by atoms with Crippen molar-refractivity contribution in [2.24, 2.45) is 11.8 Å². The number of pyridine rings is 1. The van der Waals surface area contributed by atoms with Crippen molar-refractivity contribution >= 4 is 17.2 Å². The van der Waals surface area contributed by atoms with E-state index < -0.39 is 0 Å². The summed E-state index contributed by atoms with van der Waals surface area (Å²) in [6.07, 6.45) is 8.21. The normalized spacial score (nSPS) is 27.6. The summed E-state index contributed by atoms with van der Waals surface area (Å²) in [5.74, 6) is 1.59. The second-order valence-electron chi connectivity index (χ2n) is 5.48. The van der Waals surface area contributed by atoms with E-state index in [2.05, 4.69) is 22.4 Å². The lowest BCUT2D eigenvalue weighted by molar-refractivity contribution is 0.279. The van der Waals surface area contributed by atoms with Crippen LogP contribution in [0.25, 0.3) is 5.57 Å². The summed E-state index contributed by atoms with van der Waals surface area (Å²) in [4.78, 5) is 4.27. The van der Waals surface area contributed by atoms with Gasteiger partial charge in [-0.3, -0.25) is 0 Å². The van der Waals surface area contributed by atoms with Gasteiger partial charge in [-0.15, -0.1) is 0 Å². The van der Waals surface area contributed by atoms with Gasteiger partial charge in [0.2, 0.25) is 0 Å². The lowest BCUT2D eigenvalue weighted by Crippen LogP contribution is -2.37. The van der Waals surface area contributed by atoms with Crippen LogP contribution in [-0.2, 0) is 0 Å². The highest BCUT2D eigenvalue weighted by atomic mass is 35.5. The molecule has 1 aromatic rings. The Morgan fingerprint density at radius 1 is 1.39 bits per heavy atom. The van der Waals surface area contributed by atoms with Crippen LogP contribution in [0.5, 0.6) is 0 Å². The van der Waals surface area contributed by atoms with E-state index in [0.29, 0.717) is 11.1 Å². The maximum atomic E-state index is 5.99. The van der Waals surface area contributed by atoms with E-state index in [4.69, 9.17) is 11.6 Å². The van der Waals surface area contributed by atoms with Crippen LogP contribution in [0.1, 0.15) is 30.4 Å². The third-order valence-electron chi connectivity index (χ3n) is 4.26. The Labute approximate surface area is 113 Å². The highest BCUT2D eigenvalue weighted by Gasteiger charge is 2.27. The van der Waals surface area contributed by atoms with Gasteiger partial charge in [-0.05, 0) is 67.3 Å². The van der Waals surface area contributed by atoms with Gasteiger partial charge in [-0.1, -0.05) is 17.7 Å². The quantitative estimate of drug-likeness (QED) is 0.785. The van der Waals surface area contributed by atoms with Crippen molar-refractivity contribution in [3.8, 4) is 0 Å². The van der Waals surface area contributed by atoms with Crippen molar-refractivity contribution in [1.82, 2.24) is 10.3 Å². The second kappa shape index (κ2) is 5.02. The molecule has 0 spiro atoms. The SMILES string of the molecule is Cc1cc(C2=C[C@H]3CNCC[C@H]3CC2)cnc1Cl. The van der Waals surface area contributed by atoms with Crippen molar-refractivity contribution in [2.75, 3.05) is 13.1 Å². The Hall–Kier alpha value is -0.860. The van der Waals surface area contributed by atoms with E-state index in [0.717, 1.165) is 18.0 Å². The molecule has 0 amide bonds. The average Bonchev–Trinajstić information content (AvgIpc) is 2.41. The van der Waals surface area contributed by atoms with Gasteiger partial charge in [0, 0.05) is 12.7 Å². The van der Waals surface area contributed by atoms with Gasteiger partial charge in [-0.2, -0.15) is 0 Å². The zero-order chi connectivity index (χ0) is 12.5. The van der Waals surface area contributed by atoms with Crippen LogP contribution in [0.15, 0.2) is 18.3 Å². The molecule has 0 bridgehead atoms. The minimum atomic E-state index is 0.618. The highest BCUT2D eigenvalue weighted by Crippen LogP contribution is 2.36. The first kappa shape index (κ1) is 12.2. The molecule has 0 aromatic carbocycles. The second-order valence-corrected chi connectivity index (χ2v) is 5.84. The summed E-state index contributed by atoms with van der Waals surface area (Å²) < 4.78 is 0. The fourth-order valence-electron chi connectivity index (χ4n) is 3.15. The molecule has 2 atom stereocenters. The number of halogens is 1. The van der Waals surface area contributed by atoms with Crippen molar-refractivity contribution in [3.63, 3.8) is 0 Å². The molecule has 1 N–H and O–H groups in total. The predicted molar refractivity (Wildman–Crippen MR) is 75.7 cm³/mol. The molecular formula is C15H19ClN2. The monoisotopic (exact) mass is 262 g/mol. The number of nitrogens with zero attached hydrogens (tertiary/aromatic N) is 1. The van der Waals surface area contributed by atoms with Crippen LogP contribution < -0.4 is 5.32 Å². The highest BCUT2D eigenvalue weighted by molar-refractivity contribution is 6.30. The zero-order valence-corrected chi connectivity index (χ0v) is 11.5. The molecule has 1 aliphatic heterocycles. The third kappa shape index (κ3) is 2.32. The Morgan fingerprint density at radius 2 is 2.28 bits per heavy atom. The van der Waals surface area contributed by atoms with Gasteiger partial charge >= 0.3 is 0 Å². The van der Waals surface area contributed by atoms with E-state index in [1.54, 1.807) is 0 Å². The molecule has 96 valence electrons. The Morgan fingerprint density at radius 3 is 3.11 bits per heavy atom. The van der Waals surface area contributed by atoms with E-state index >= 15 is 0 Å². The van der Waals surface area contributed by atoms with Gasteiger partial charge in [0.1, 0.15) is 5.15 Å². The van der Waals surface area contributed by atoms with Crippen molar-refractivity contribution in [2.45, 2.75) is 26.2 Å². The maximum absolute atomic E-state index is 5.99. The first-order valence-corrected chi connectivity index (χ1v) is 7.16. The van der Waals surface area contributed by atoms with Gasteiger partial charge in [0.05, 0.1) is 0 Å². The van der Waals surface area contributed by atoms with E-state index in [-0.39, 0.29) is 0 Å². The number of aromatic nitrogens is 1. The molecule has 1 fully saturated rings. The van der Waals surface area contributed by atoms with Crippen LogP contribution in [-0.4, -0.2) is 18.1 Å². The van der Waals surface area contributed by atoms with E-state index in [1.807, 2.05) is 13.1 Å². The van der Waals surface area contributed by atoms with Gasteiger partial charge in [0.25, 0.3) is 0 Å². The Balaban J connectivity index is 1.87. The smallest absolute Gasteiger partial charge is 0.131 e. The minimum Gasteiger partial charge on any atom is -0.316 e. The molecule has 2 nitrogen and oxygen atoms in total. The lowest BCUT2D eigenvalue weighted by atomic mass is 9.76. The van der Waals surface area contributed by atoms with E-state index in [9.17, 15) is 0 Å². The standard InChI is InChI=1S/C15H19ClN2/c1-10-6-13(9-18-15(10)16)12-3-2-11-4-5-17-8-14(11)7-12/h6-7,9,11,14,17H,2-5,8H2,1H3/t11-,14+/m1/s1. The van der Waals surface area contributed by atoms with Gasteiger partial charge < -0.3 is 5.32 Å². The molecule has 0 saturated carbocycles. The number of fused-ring (bicyclic) bond motifs is 1. The zero-order valence-electron chi connectivity index (χ0n) is 10.7. The molecule has 1 saturated heterocycles. The molecule has 1 aliphatic carbocycles. The van der Waals surface area contributed by atoms with Gasteiger partial charge in [-0.25, -0.2) is 4.98 Å². The number of nitrogens with one attached hydrogen (secondary N) is 1. The fraction of sp³-hybridized carbons (Fsp3) is 0.533. The number of hydrogen-bond donors (Lipinski definition) is 1. The molecule has 3 rings (SSSR count). The van der Waals surface area contributed by atoms with Crippen LogP contribution in [0.2, 0.25) is 5.15 Å². The number of allylic oxidation sites excluding steroid dienone is 1.